The van der Waals surface area contributed by atoms with E-state index in [1.807, 2.05) is 0 Å². The summed E-state index contributed by atoms with van der Waals surface area (Å²) in [6.07, 6.45) is 5.57. The van der Waals surface area contributed by atoms with Crippen LogP contribution < -0.4 is 0 Å². The number of hydrogen-bond acceptors (Lipinski definition) is 3. The number of aliphatic hydroxyl groups excluding tert-OH is 1. The Labute approximate surface area is 124 Å². The zero-order chi connectivity index (χ0) is 14.8. The lowest BCUT2D eigenvalue weighted by molar-refractivity contribution is -0.0250. The van der Waals surface area contributed by atoms with E-state index in [1.54, 1.807) is 0 Å². The first-order valence-electron chi connectivity index (χ1n) is 8.34. The van der Waals surface area contributed by atoms with Gasteiger partial charge in [-0.05, 0) is 56.4 Å². The maximum Gasteiger partial charge on any atom is 0.0695 e. The van der Waals surface area contributed by atoms with E-state index in [0.29, 0.717) is 17.4 Å². The van der Waals surface area contributed by atoms with E-state index in [-0.39, 0.29) is 6.10 Å². The van der Waals surface area contributed by atoms with Crippen molar-refractivity contribution < 1.29 is 9.84 Å². The summed E-state index contributed by atoms with van der Waals surface area (Å²) >= 11 is 0. The minimum atomic E-state index is -0.150. The minimum Gasteiger partial charge on any atom is -0.391 e. The van der Waals surface area contributed by atoms with Gasteiger partial charge in [-0.15, -0.1) is 0 Å². The van der Waals surface area contributed by atoms with Crippen molar-refractivity contribution in [1.29, 1.82) is 0 Å². The van der Waals surface area contributed by atoms with Gasteiger partial charge < -0.3 is 14.7 Å². The van der Waals surface area contributed by atoms with Gasteiger partial charge in [0, 0.05) is 19.2 Å². The summed E-state index contributed by atoms with van der Waals surface area (Å²) in [7, 11) is 2.19. The average Bonchev–Trinajstić information content (AvgIpc) is 2.39. The molecular weight excluding hydrogens is 250 g/mol. The molecule has 2 rings (SSSR count). The summed E-state index contributed by atoms with van der Waals surface area (Å²) < 4.78 is 5.58. The van der Waals surface area contributed by atoms with Gasteiger partial charge in [0.25, 0.3) is 0 Å². The normalized spacial score (nSPS) is 36.3. The van der Waals surface area contributed by atoms with Gasteiger partial charge in [0.15, 0.2) is 0 Å². The molecule has 2 fully saturated rings. The van der Waals surface area contributed by atoms with Crippen LogP contribution >= 0.6 is 0 Å². The largest absolute Gasteiger partial charge is 0.391 e. The zero-order valence-electron chi connectivity index (χ0n) is 13.8. The smallest absolute Gasteiger partial charge is 0.0695 e. The van der Waals surface area contributed by atoms with Crippen molar-refractivity contribution in [2.24, 2.45) is 17.3 Å². The van der Waals surface area contributed by atoms with Crippen LogP contribution in [0.25, 0.3) is 0 Å². The number of hydrogen-bond donors (Lipinski definition) is 1. The zero-order valence-corrected chi connectivity index (χ0v) is 13.8. The van der Waals surface area contributed by atoms with Gasteiger partial charge in [-0.2, -0.15) is 0 Å². The second kappa shape index (κ2) is 6.76. The highest BCUT2D eigenvalue weighted by Crippen LogP contribution is 2.39. The Bertz CT molecular complexity index is 294. The fourth-order valence-electron chi connectivity index (χ4n) is 3.89. The van der Waals surface area contributed by atoms with Crippen molar-refractivity contribution in [3.63, 3.8) is 0 Å². The van der Waals surface area contributed by atoms with E-state index in [1.165, 1.54) is 19.3 Å². The highest BCUT2D eigenvalue weighted by Gasteiger charge is 2.37. The van der Waals surface area contributed by atoms with Crippen LogP contribution in [-0.2, 0) is 4.74 Å². The maximum atomic E-state index is 10.4. The number of ether oxygens (including phenoxy) is 1. The van der Waals surface area contributed by atoms with Gasteiger partial charge >= 0.3 is 0 Å². The van der Waals surface area contributed by atoms with Crippen LogP contribution in [0.1, 0.15) is 52.9 Å². The Morgan fingerprint density at radius 3 is 2.55 bits per heavy atom. The summed E-state index contributed by atoms with van der Waals surface area (Å²) in [6, 6.07) is 0.329. The van der Waals surface area contributed by atoms with Gasteiger partial charge in [0.1, 0.15) is 0 Å². The number of rotatable bonds is 3. The van der Waals surface area contributed by atoms with Crippen LogP contribution in [-0.4, -0.2) is 49.0 Å². The molecule has 1 N–H and O–H groups in total. The molecule has 1 aliphatic heterocycles. The Hall–Kier alpha value is -0.120. The van der Waals surface area contributed by atoms with Crippen LogP contribution in [0.4, 0.5) is 0 Å². The van der Waals surface area contributed by atoms with E-state index in [2.05, 4.69) is 32.7 Å². The Balaban J connectivity index is 1.90. The van der Waals surface area contributed by atoms with Crippen molar-refractivity contribution in [2.45, 2.75) is 65.0 Å². The van der Waals surface area contributed by atoms with Gasteiger partial charge in [0.05, 0.1) is 12.7 Å². The van der Waals surface area contributed by atoms with Crippen molar-refractivity contribution in [2.75, 3.05) is 26.8 Å². The van der Waals surface area contributed by atoms with E-state index in [0.717, 1.165) is 38.5 Å². The molecule has 1 aliphatic carbocycles. The van der Waals surface area contributed by atoms with Gasteiger partial charge in [-0.3, -0.25) is 0 Å². The highest BCUT2D eigenvalue weighted by atomic mass is 16.5. The number of likely N-dealkylation sites (N-methyl/N-ethyl adjacent to an activating group) is 1. The van der Waals surface area contributed by atoms with Crippen molar-refractivity contribution >= 4 is 0 Å². The molecule has 3 nitrogen and oxygen atoms in total. The molecule has 3 heteroatoms. The summed E-state index contributed by atoms with van der Waals surface area (Å²) in [6.45, 7) is 9.90. The summed E-state index contributed by atoms with van der Waals surface area (Å²) in [5.41, 5.74) is 0.354. The molecule has 0 bridgehead atoms. The molecule has 118 valence electrons. The van der Waals surface area contributed by atoms with Crippen LogP contribution in [0.3, 0.4) is 0 Å². The van der Waals surface area contributed by atoms with Gasteiger partial charge in [-0.25, -0.2) is 0 Å². The van der Waals surface area contributed by atoms with Crippen LogP contribution in [0.15, 0.2) is 0 Å². The molecule has 0 radical (unpaired) electrons. The van der Waals surface area contributed by atoms with Crippen molar-refractivity contribution in [3.05, 3.63) is 0 Å². The van der Waals surface area contributed by atoms with Gasteiger partial charge in [0.2, 0.25) is 0 Å². The topological polar surface area (TPSA) is 32.7 Å². The first kappa shape index (κ1) is 16.3. The molecule has 1 heterocycles. The summed E-state index contributed by atoms with van der Waals surface area (Å²) in [5, 5.41) is 10.4. The third kappa shape index (κ3) is 4.19. The summed E-state index contributed by atoms with van der Waals surface area (Å²) in [4.78, 5) is 2.40. The third-order valence-electron chi connectivity index (χ3n) is 5.37. The SMILES string of the molecule is CN(CC1CCCOC1)C1CC(C(C)(C)C)CCC1O. The molecule has 4 atom stereocenters. The fraction of sp³-hybridized carbons (Fsp3) is 1.00. The molecule has 0 amide bonds. The molecule has 0 spiro atoms. The molecule has 0 aromatic rings. The standard InChI is InChI=1S/C17H33NO2/c1-17(2,3)14-7-8-16(19)15(10-14)18(4)11-13-6-5-9-20-12-13/h13-16,19H,5-12H2,1-4H3. The van der Waals surface area contributed by atoms with Crippen LogP contribution in [0.2, 0.25) is 0 Å². The summed E-state index contributed by atoms with van der Waals surface area (Å²) in [5.74, 6) is 1.37. The van der Waals surface area contributed by atoms with E-state index >= 15 is 0 Å². The lowest BCUT2D eigenvalue weighted by atomic mass is 9.70. The third-order valence-corrected chi connectivity index (χ3v) is 5.37. The fourth-order valence-corrected chi connectivity index (χ4v) is 3.89. The second-order valence-electron chi connectivity index (χ2n) is 8.03. The molecule has 1 saturated carbocycles. The average molecular weight is 283 g/mol. The molecule has 1 saturated heterocycles. The van der Waals surface area contributed by atoms with E-state index in [4.69, 9.17) is 4.74 Å². The Kier molecular flexibility index (Phi) is 5.49. The quantitative estimate of drug-likeness (QED) is 0.864. The Morgan fingerprint density at radius 2 is 1.95 bits per heavy atom. The monoisotopic (exact) mass is 283 g/mol. The highest BCUT2D eigenvalue weighted by molar-refractivity contribution is 4.90. The molecule has 2 aliphatic rings. The lowest BCUT2D eigenvalue weighted by Crippen LogP contribution is -2.49. The van der Waals surface area contributed by atoms with E-state index in [9.17, 15) is 5.11 Å². The predicted molar refractivity (Wildman–Crippen MR) is 82.8 cm³/mol. The molecule has 0 aromatic carbocycles. The van der Waals surface area contributed by atoms with Crippen molar-refractivity contribution in [3.8, 4) is 0 Å². The minimum absolute atomic E-state index is 0.150. The van der Waals surface area contributed by atoms with Crippen LogP contribution in [0, 0.1) is 17.3 Å². The van der Waals surface area contributed by atoms with E-state index < -0.39 is 0 Å². The van der Waals surface area contributed by atoms with Crippen molar-refractivity contribution in [1.82, 2.24) is 4.90 Å². The molecule has 20 heavy (non-hydrogen) atoms. The maximum absolute atomic E-state index is 10.4. The van der Waals surface area contributed by atoms with Crippen LogP contribution in [0.5, 0.6) is 0 Å². The Morgan fingerprint density at radius 1 is 1.20 bits per heavy atom. The lowest BCUT2D eigenvalue weighted by Gasteiger charge is -2.44. The number of aliphatic hydroxyl groups is 1. The van der Waals surface area contributed by atoms with Gasteiger partial charge in [-0.1, -0.05) is 20.8 Å². The molecular formula is C17H33NO2. The molecule has 0 aromatic heterocycles. The number of nitrogens with zero attached hydrogens (tertiary/aromatic N) is 1. The first-order valence-corrected chi connectivity index (χ1v) is 8.34. The first-order chi connectivity index (χ1) is 9.38. The predicted octanol–water partition coefficient (Wildman–Crippen LogP) is 2.92. The second-order valence-corrected chi connectivity index (χ2v) is 8.03. The molecule has 4 unspecified atom stereocenters.